The van der Waals surface area contributed by atoms with Gasteiger partial charge in [0.15, 0.2) is 0 Å². The molecule has 1 aromatic heterocycles. The fourth-order valence-electron chi connectivity index (χ4n) is 4.40. The first kappa shape index (κ1) is 21.2. The number of hydrogen-bond donors (Lipinski definition) is 1. The van der Waals surface area contributed by atoms with Gasteiger partial charge in [-0.15, -0.1) is 0 Å². The van der Waals surface area contributed by atoms with Gasteiger partial charge in [0.1, 0.15) is 17.4 Å². The molecule has 6 nitrogen and oxygen atoms in total. The van der Waals surface area contributed by atoms with E-state index in [4.69, 9.17) is 9.72 Å². The fraction of sp³-hybridized carbons (Fsp3) is 0.231. The Morgan fingerprint density at radius 2 is 1.82 bits per heavy atom. The Kier molecular flexibility index (Phi) is 5.79. The molecule has 1 saturated heterocycles. The van der Waals surface area contributed by atoms with Crippen molar-refractivity contribution >= 4 is 16.9 Å². The third-order valence-electron chi connectivity index (χ3n) is 6.14. The number of H-pyrrole nitrogens is 1. The number of imidazole rings is 1. The highest BCUT2D eigenvalue weighted by molar-refractivity contribution is 5.97. The number of fused-ring (bicyclic) bond motifs is 1. The van der Waals surface area contributed by atoms with E-state index in [1.807, 2.05) is 41.3 Å². The van der Waals surface area contributed by atoms with Crippen LogP contribution >= 0.6 is 0 Å². The summed E-state index contributed by atoms with van der Waals surface area (Å²) < 4.78 is 18.8. The number of halogens is 1. The number of rotatable bonds is 5. The van der Waals surface area contributed by atoms with Crippen LogP contribution in [0.5, 0.6) is 5.75 Å². The van der Waals surface area contributed by atoms with E-state index in [1.54, 1.807) is 31.4 Å². The minimum Gasteiger partial charge on any atom is -0.496 e. The maximum Gasteiger partial charge on any atom is 0.257 e. The van der Waals surface area contributed by atoms with E-state index in [-0.39, 0.29) is 17.8 Å². The van der Waals surface area contributed by atoms with Crippen LogP contribution in [0.3, 0.4) is 0 Å². The summed E-state index contributed by atoms with van der Waals surface area (Å²) in [5, 5.41) is 0. The van der Waals surface area contributed by atoms with Crippen LogP contribution in [0.1, 0.15) is 27.8 Å². The Bertz CT molecular complexity index is 1240. The number of hydrogen-bond acceptors (Lipinski definition) is 4. The zero-order valence-corrected chi connectivity index (χ0v) is 18.4. The Morgan fingerprint density at radius 3 is 2.61 bits per heavy atom. The van der Waals surface area contributed by atoms with Gasteiger partial charge in [-0.3, -0.25) is 9.69 Å². The summed E-state index contributed by atoms with van der Waals surface area (Å²) in [6, 6.07) is 21.6. The second-order valence-corrected chi connectivity index (χ2v) is 8.20. The fourth-order valence-corrected chi connectivity index (χ4v) is 4.40. The van der Waals surface area contributed by atoms with Crippen LogP contribution in [-0.2, 0) is 6.54 Å². The summed E-state index contributed by atoms with van der Waals surface area (Å²) in [6.45, 7) is 2.37. The molecule has 168 valence electrons. The molecule has 1 N–H and O–H groups in total. The van der Waals surface area contributed by atoms with Gasteiger partial charge in [-0.1, -0.05) is 36.4 Å². The minimum absolute atomic E-state index is 0.0602. The van der Waals surface area contributed by atoms with Crippen LogP contribution in [0.25, 0.3) is 11.0 Å². The highest BCUT2D eigenvalue weighted by Gasteiger charge is 2.33. The van der Waals surface area contributed by atoms with Crippen molar-refractivity contribution in [3.8, 4) is 5.75 Å². The maximum atomic E-state index is 13.4. The van der Waals surface area contributed by atoms with Crippen molar-refractivity contribution in [2.75, 3.05) is 26.7 Å². The predicted octanol–water partition coefficient (Wildman–Crippen LogP) is 4.41. The normalized spacial score (nSPS) is 16.8. The molecule has 0 bridgehead atoms. The van der Waals surface area contributed by atoms with E-state index >= 15 is 0 Å². The largest absolute Gasteiger partial charge is 0.496 e. The average Bonchev–Trinajstić information content (AvgIpc) is 3.29. The summed E-state index contributed by atoms with van der Waals surface area (Å²) in [5.74, 6) is 1.07. The number of methoxy groups -OCH3 is 1. The first-order chi connectivity index (χ1) is 16.1. The smallest absolute Gasteiger partial charge is 0.257 e. The number of aromatic amines is 1. The zero-order valence-electron chi connectivity index (χ0n) is 18.4. The number of amides is 1. The number of carbonyl (C=O) groups is 1. The van der Waals surface area contributed by atoms with Crippen molar-refractivity contribution in [3.05, 3.63) is 95.6 Å². The summed E-state index contributed by atoms with van der Waals surface area (Å²) in [5.41, 5.74) is 3.42. The number of nitrogens with zero attached hydrogens (tertiary/aromatic N) is 3. The third kappa shape index (κ3) is 4.32. The lowest BCUT2D eigenvalue weighted by Gasteiger charge is -2.40. The number of benzene rings is 3. The third-order valence-corrected chi connectivity index (χ3v) is 6.14. The predicted molar refractivity (Wildman–Crippen MR) is 125 cm³/mol. The molecule has 5 rings (SSSR count). The van der Waals surface area contributed by atoms with Gasteiger partial charge in [0.05, 0.1) is 29.7 Å². The molecule has 33 heavy (non-hydrogen) atoms. The molecular weight excluding hydrogens is 419 g/mol. The average molecular weight is 445 g/mol. The molecule has 0 radical (unpaired) electrons. The highest BCUT2D eigenvalue weighted by Crippen LogP contribution is 2.29. The van der Waals surface area contributed by atoms with E-state index in [0.29, 0.717) is 37.5 Å². The molecule has 0 spiro atoms. The molecule has 1 aliphatic heterocycles. The standard InChI is InChI=1S/C26H25FN4O2/c1-33-24-9-5-2-6-20(24)26(32)31-15-14-30(16-18-10-12-19(27)13-11-18)23(17-31)25-28-21-7-3-4-8-22(21)29-25/h2-13,23H,14-17H2,1H3,(H,28,29). The maximum absolute atomic E-state index is 13.4. The van der Waals surface area contributed by atoms with Crippen LogP contribution in [0, 0.1) is 5.82 Å². The summed E-state index contributed by atoms with van der Waals surface area (Å²) in [4.78, 5) is 25.8. The lowest BCUT2D eigenvalue weighted by Crippen LogP contribution is -2.50. The van der Waals surface area contributed by atoms with E-state index in [0.717, 1.165) is 22.4 Å². The van der Waals surface area contributed by atoms with Crippen molar-refractivity contribution in [1.29, 1.82) is 0 Å². The van der Waals surface area contributed by atoms with Crippen molar-refractivity contribution in [1.82, 2.24) is 19.8 Å². The van der Waals surface area contributed by atoms with Gasteiger partial charge < -0.3 is 14.6 Å². The number of carbonyl (C=O) groups excluding carboxylic acids is 1. The van der Waals surface area contributed by atoms with Gasteiger partial charge in [0.2, 0.25) is 0 Å². The van der Waals surface area contributed by atoms with Gasteiger partial charge in [0, 0.05) is 26.2 Å². The van der Waals surface area contributed by atoms with Crippen LogP contribution in [0.15, 0.2) is 72.8 Å². The summed E-state index contributed by atoms with van der Waals surface area (Å²) in [6.07, 6.45) is 0. The second kappa shape index (κ2) is 9.03. The molecule has 4 aromatic rings. The van der Waals surface area contributed by atoms with Crippen molar-refractivity contribution in [2.45, 2.75) is 12.6 Å². The first-order valence-corrected chi connectivity index (χ1v) is 11.0. The molecule has 1 aliphatic rings. The first-order valence-electron chi connectivity index (χ1n) is 11.0. The lowest BCUT2D eigenvalue weighted by atomic mass is 10.1. The van der Waals surface area contributed by atoms with Gasteiger partial charge in [0.25, 0.3) is 5.91 Å². The highest BCUT2D eigenvalue weighted by atomic mass is 19.1. The molecule has 1 fully saturated rings. The summed E-state index contributed by atoms with van der Waals surface area (Å²) >= 11 is 0. The molecule has 1 unspecified atom stereocenters. The molecule has 7 heteroatoms. The van der Waals surface area contributed by atoms with E-state index in [9.17, 15) is 9.18 Å². The van der Waals surface area contributed by atoms with Crippen LogP contribution in [0.2, 0.25) is 0 Å². The quantitative estimate of drug-likeness (QED) is 0.495. The second-order valence-electron chi connectivity index (χ2n) is 8.20. The minimum atomic E-state index is -0.250. The van der Waals surface area contributed by atoms with E-state index in [2.05, 4.69) is 9.88 Å². The van der Waals surface area contributed by atoms with E-state index in [1.165, 1.54) is 12.1 Å². The Labute approximate surface area is 191 Å². The number of aromatic nitrogens is 2. The van der Waals surface area contributed by atoms with Gasteiger partial charge in [-0.25, -0.2) is 9.37 Å². The van der Waals surface area contributed by atoms with Crippen molar-refractivity contribution in [3.63, 3.8) is 0 Å². The van der Waals surface area contributed by atoms with Crippen LogP contribution in [0.4, 0.5) is 4.39 Å². The van der Waals surface area contributed by atoms with E-state index < -0.39 is 0 Å². The number of nitrogens with one attached hydrogen (secondary N) is 1. The van der Waals surface area contributed by atoms with Crippen molar-refractivity contribution in [2.24, 2.45) is 0 Å². The molecule has 3 aromatic carbocycles. The molecule has 0 saturated carbocycles. The molecule has 2 heterocycles. The summed E-state index contributed by atoms with van der Waals surface area (Å²) in [7, 11) is 1.57. The molecule has 1 amide bonds. The van der Waals surface area contributed by atoms with Gasteiger partial charge in [-0.2, -0.15) is 0 Å². The van der Waals surface area contributed by atoms with Crippen LogP contribution < -0.4 is 4.74 Å². The zero-order chi connectivity index (χ0) is 22.8. The number of piperazine rings is 1. The lowest BCUT2D eigenvalue weighted by molar-refractivity contribution is 0.0437. The Morgan fingerprint density at radius 1 is 1.06 bits per heavy atom. The van der Waals surface area contributed by atoms with Gasteiger partial charge in [-0.05, 0) is 42.0 Å². The van der Waals surface area contributed by atoms with Crippen molar-refractivity contribution < 1.29 is 13.9 Å². The Hall–Kier alpha value is -3.71. The Balaban J connectivity index is 1.45. The number of para-hydroxylation sites is 3. The molecule has 1 atom stereocenters. The monoisotopic (exact) mass is 444 g/mol. The number of ether oxygens (including phenoxy) is 1. The molecule has 0 aliphatic carbocycles. The topological polar surface area (TPSA) is 61.5 Å². The molecular formula is C26H25FN4O2. The SMILES string of the molecule is COc1ccccc1C(=O)N1CCN(Cc2ccc(F)cc2)C(c2nc3ccccc3[nH]2)C1. The van der Waals surface area contributed by atoms with Gasteiger partial charge >= 0.3 is 0 Å². The van der Waals surface area contributed by atoms with Crippen LogP contribution in [-0.4, -0.2) is 52.4 Å².